The monoisotopic (exact) mass is 319 g/mol. The molecule has 3 rings (SSSR count). The summed E-state index contributed by atoms with van der Waals surface area (Å²) >= 11 is 5.98. The van der Waals surface area contributed by atoms with Crippen molar-refractivity contribution < 1.29 is 9.32 Å². The fourth-order valence-electron chi connectivity index (χ4n) is 2.64. The van der Waals surface area contributed by atoms with Gasteiger partial charge in [-0.15, -0.1) is 0 Å². The van der Waals surface area contributed by atoms with E-state index in [9.17, 15) is 4.79 Å². The van der Waals surface area contributed by atoms with Gasteiger partial charge in [-0.1, -0.05) is 28.9 Å². The fraction of sp³-hybridized carbons (Fsp3) is 0.375. The molecule has 1 amide bonds. The highest BCUT2D eigenvalue weighted by Crippen LogP contribution is 2.23. The molecule has 1 N–H and O–H groups in total. The first-order valence-corrected chi connectivity index (χ1v) is 7.71. The number of benzene rings is 1. The Hall–Kier alpha value is -1.85. The van der Waals surface area contributed by atoms with Crippen LogP contribution in [0.2, 0.25) is 5.02 Å². The summed E-state index contributed by atoms with van der Waals surface area (Å²) < 4.78 is 5.25. The topological polar surface area (TPSA) is 58.4 Å². The maximum atomic E-state index is 12.6. The second-order valence-electron chi connectivity index (χ2n) is 5.57. The first-order chi connectivity index (χ1) is 10.6. The van der Waals surface area contributed by atoms with Crippen molar-refractivity contribution in [3.05, 3.63) is 41.1 Å². The number of nitrogens with one attached hydrogen (secondary N) is 1. The van der Waals surface area contributed by atoms with Crippen LogP contribution in [0.4, 0.5) is 0 Å². The van der Waals surface area contributed by atoms with Gasteiger partial charge in [-0.25, -0.2) is 0 Å². The Kier molecular flexibility index (Phi) is 4.18. The van der Waals surface area contributed by atoms with E-state index < -0.39 is 0 Å². The maximum absolute atomic E-state index is 12.6. The summed E-state index contributed by atoms with van der Waals surface area (Å²) in [6.45, 7) is 5.55. The SMILES string of the molecule is CC1NCCN(C(=O)c2cc(-c3cccc(Cl)c3)no2)C1C. The van der Waals surface area contributed by atoms with Gasteiger partial charge in [0.15, 0.2) is 0 Å². The standard InChI is InChI=1S/C16H18ClN3O2/c1-10-11(2)20(7-6-18-10)16(21)15-9-14(19-22-15)12-4-3-5-13(17)8-12/h3-5,8-11,18H,6-7H2,1-2H3. The predicted octanol–water partition coefficient (Wildman–Crippen LogP) is 2.82. The van der Waals surface area contributed by atoms with E-state index in [0.29, 0.717) is 17.3 Å². The summed E-state index contributed by atoms with van der Waals surface area (Å²) in [5.74, 6) is 0.137. The van der Waals surface area contributed by atoms with Gasteiger partial charge in [0.05, 0.1) is 0 Å². The minimum Gasteiger partial charge on any atom is -0.350 e. The number of piperazine rings is 1. The Bertz CT molecular complexity index is 686. The molecule has 1 saturated heterocycles. The Balaban J connectivity index is 1.83. The van der Waals surface area contributed by atoms with E-state index in [4.69, 9.17) is 16.1 Å². The smallest absolute Gasteiger partial charge is 0.292 e. The van der Waals surface area contributed by atoms with Gasteiger partial charge in [-0.3, -0.25) is 4.79 Å². The van der Waals surface area contributed by atoms with Crippen molar-refractivity contribution in [2.45, 2.75) is 25.9 Å². The lowest BCUT2D eigenvalue weighted by Gasteiger charge is -2.37. The van der Waals surface area contributed by atoms with E-state index in [-0.39, 0.29) is 23.8 Å². The molecule has 2 atom stereocenters. The van der Waals surface area contributed by atoms with Crippen molar-refractivity contribution in [3.8, 4) is 11.3 Å². The number of amides is 1. The molecule has 5 nitrogen and oxygen atoms in total. The molecule has 0 spiro atoms. The number of rotatable bonds is 2. The number of carbonyl (C=O) groups excluding carboxylic acids is 1. The Morgan fingerprint density at radius 3 is 3.00 bits per heavy atom. The summed E-state index contributed by atoms with van der Waals surface area (Å²) in [6.07, 6.45) is 0. The van der Waals surface area contributed by atoms with Crippen LogP contribution in [0.15, 0.2) is 34.9 Å². The highest BCUT2D eigenvalue weighted by Gasteiger charge is 2.30. The van der Waals surface area contributed by atoms with Gasteiger partial charge < -0.3 is 14.7 Å². The molecule has 6 heteroatoms. The van der Waals surface area contributed by atoms with E-state index >= 15 is 0 Å². The van der Waals surface area contributed by atoms with Crippen molar-refractivity contribution in [2.75, 3.05) is 13.1 Å². The van der Waals surface area contributed by atoms with Crippen molar-refractivity contribution in [1.82, 2.24) is 15.4 Å². The van der Waals surface area contributed by atoms with Gasteiger partial charge in [-0.05, 0) is 26.0 Å². The molecule has 116 valence electrons. The van der Waals surface area contributed by atoms with Crippen LogP contribution in [-0.4, -0.2) is 41.1 Å². The molecule has 0 aliphatic carbocycles. The number of aromatic nitrogens is 1. The normalized spacial score (nSPS) is 21.9. The van der Waals surface area contributed by atoms with Crippen LogP contribution in [0.25, 0.3) is 11.3 Å². The number of hydrogen-bond acceptors (Lipinski definition) is 4. The van der Waals surface area contributed by atoms with Crippen molar-refractivity contribution in [1.29, 1.82) is 0 Å². The zero-order valence-corrected chi connectivity index (χ0v) is 13.3. The third kappa shape index (κ3) is 2.87. The number of halogens is 1. The minimum atomic E-state index is -0.123. The molecule has 1 aromatic heterocycles. The third-order valence-corrected chi connectivity index (χ3v) is 4.37. The summed E-state index contributed by atoms with van der Waals surface area (Å²) in [5.41, 5.74) is 1.44. The molecule has 0 saturated carbocycles. The third-order valence-electron chi connectivity index (χ3n) is 4.14. The lowest BCUT2D eigenvalue weighted by Crippen LogP contribution is -2.57. The summed E-state index contributed by atoms with van der Waals surface area (Å²) in [7, 11) is 0. The van der Waals surface area contributed by atoms with Crippen LogP contribution in [0.5, 0.6) is 0 Å². The van der Waals surface area contributed by atoms with Crippen LogP contribution in [0, 0.1) is 0 Å². The van der Waals surface area contributed by atoms with E-state index in [2.05, 4.69) is 17.4 Å². The summed E-state index contributed by atoms with van der Waals surface area (Å²) in [6, 6.07) is 9.35. The van der Waals surface area contributed by atoms with Crippen molar-refractivity contribution in [3.63, 3.8) is 0 Å². The van der Waals surface area contributed by atoms with Crippen LogP contribution in [-0.2, 0) is 0 Å². The molecule has 2 aromatic rings. The molecule has 1 aliphatic heterocycles. The minimum absolute atomic E-state index is 0.112. The number of nitrogens with zero attached hydrogens (tertiary/aromatic N) is 2. The molecule has 0 radical (unpaired) electrons. The number of carbonyl (C=O) groups is 1. The molecule has 1 aliphatic rings. The average molecular weight is 320 g/mol. The molecule has 2 unspecified atom stereocenters. The van der Waals surface area contributed by atoms with E-state index in [1.165, 1.54) is 0 Å². The fourth-order valence-corrected chi connectivity index (χ4v) is 2.83. The van der Waals surface area contributed by atoms with Gasteiger partial charge in [0.25, 0.3) is 5.91 Å². The second kappa shape index (κ2) is 6.10. The van der Waals surface area contributed by atoms with Crippen LogP contribution >= 0.6 is 11.6 Å². The van der Waals surface area contributed by atoms with Gasteiger partial charge in [0, 0.05) is 41.8 Å². The van der Waals surface area contributed by atoms with E-state index in [1.54, 1.807) is 18.2 Å². The van der Waals surface area contributed by atoms with Crippen LogP contribution in [0.1, 0.15) is 24.4 Å². The molecular weight excluding hydrogens is 302 g/mol. The highest BCUT2D eigenvalue weighted by molar-refractivity contribution is 6.30. The number of hydrogen-bond donors (Lipinski definition) is 1. The lowest BCUT2D eigenvalue weighted by molar-refractivity contribution is 0.0561. The lowest BCUT2D eigenvalue weighted by atomic mass is 10.1. The Morgan fingerprint density at radius 1 is 1.41 bits per heavy atom. The predicted molar refractivity (Wildman–Crippen MR) is 84.9 cm³/mol. The highest BCUT2D eigenvalue weighted by atomic mass is 35.5. The molecular formula is C16H18ClN3O2. The maximum Gasteiger partial charge on any atom is 0.292 e. The van der Waals surface area contributed by atoms with E-state index in [1.807, 2.05) is 24.0 Å². The first-order valence-electron chi connectivity index (χ1n) is 7.33. The van der Waals surface area contributed by atoms with Crippen molar-refractivity contribution >= 4 is 17.5 Å². The molecule has 2 heterocycles. The zero-order chi connectivity index (χ0) is 15.7. The molecule has 1 aromatic carbocycles. The molecule has 0 bridgehead atoms. The average Bonchev–Trinajstić information content (AvgIpc) is 2.99. The summed E-state index contributed by atoms with van der Waals surface area (Å²) in [5, 5.41) is 7.96. The molecule has 1 fully saturated rings. The Labute approximate surface area is 134 Å². The Morgan fingerprint density at radius 2 is 2.23 bits per heavy atom. The zero-order valence-electron chi connectivity index (χ0n) is 12.5. The second-order valence-corrected chi connectivity index (χ2v) is 6.01. The van der Waals surface area contributed by atoms with Crippen LogP contribution in [0.3, 0.4) is 0 Å². The van der Waals surface area contributed by atoms with Crippen molar-refractivity contribution in [2.24, 2.45) is 0 Å². The first kappa shape index (κ1) is 15.1. The quantitative estimate of drug-likeness (QED) is 0.924. The van der Waals surface area contributed by atoms with Gasteiger partial charge in [-0.2, -0.15) is 0 Å². The largest absolute Gasteiger partial charge is 0.350 e. The van der Waals surface area contributed by atoms with Gasteiger partial charge in [0.1, 0.15) is 5.69 Å². The van der Waals surface area contributed by atoms with Gasteiger partial charge >= 0.3 is 0 Å². The molecule has 22 heavy (non-hydrogen) atoms. The summed E-state index contributed by atoms with van der Waals surface area (Å²) in [4.78, 5) is 14.4. The van der Waals surface area contributed by atoms with Gasteiger partial charge in [0.2, 0.25) is 5.76 Å². The van der Waals surface area contributed by atoms with Crippen LogP contribution < -0.4 is 5.32 Å². The van der Waals surface area contributed by atoms with E-state index in [0.717, 1.165) is 12.1 Å².